The lowest BCUT2D eigenvalue weighted by Gasteiger charge is -2.18. The summed E-state index contributed by atoms with van der Waals surface area (Å²) in [7, 11) is 1.59. The third-order valence-electron chi connectivity index (χ3n) is 2.99. The molecule has 0 aromatic rings. The van der Waals surface area contributed by atoms with Gasteiger partial charge in [-0.15, -0.1) is 0 Å². The van der Waals surface area contributed by atoms with Crippen LogP contribution in [0.1, 0.15) is 38.5 Å². The van der Waals surface area contributed by atoms with Crippen LogP contribution in [0, 0.1) is 0 Å². The molecule has 5 heteroatoms. The highest BCUT2D eigenvalue weighted by molar-refractivity contribution is 4.71. The molecule has 1 heterocycles. The molecule has 96 valence electrons. The third kappa shape index (κ3) is 5.70. The fourth-order valence-corrected chi connectivity index (χ4v) is 2.09. The van der Waals surface area contributed by atoms with Gasteiger partial charge in [-0.3, -0.25) is 0 Å². The maximum absolute atomic E-state index is 12.2. The molecule has 0 aromatic carbocycles. The van der Waals surface area contributed by atoms with Gasteiger partial charge in [-0.05, 0) is 39.2 Å². The zero-order valence-electron chi connectivity index (χ0n) is 9.65. The molecular weight excluding hydrogens is 219 g/mol. The van der Waals surface area contributed by atoms with Gasteiger partial charge in [0.05, 0.1) is 12.5 Å². The predicted molar refractivity (Wildman–Crippen MR) is 56.3 cm³/mol. The Labute approximate surface area is 94.5 Å². The largest absolute Gasteiger partial charge is 0.390 e. The fourth-order valence-electron chi connectivity index (χ4n) is 2.09. The minimum atomic E-state index is -4.07. The molecule has 0 spiro atoms. The number of hydrogen-bond donors (Lipinski definition) is 1. The van der Waals surface area contributed by atoms with Gasteiger partial charge >= 0.3 is 6.18 Å². The molecule has 0 amide bonds. The molecule has 0 radical (unpaired) electrons. The van der Waals surface area contributed by atoms with E-state index >= 15 is 0 Å². The van der Waals surface area contributed by atoms with Crippen LogP contribution in [0.15, 0.2) is 0 Å². The van der Waals surface area contributed by atoms with Gasteiger partial charge in [0.15, 0.2) is 0 Å². The Bertz CT molecular complexity index is 190. The molecular formula is C11H20F3NO. The van der Waals surface area contributed by atoms with Crippen molar-refractivity contribution in [2.45, 2.75) is 56.8 Å². The zero-order chi connectivity index (χ0) is 12.0. The van der Waals surface area contributed by atoms with E-state index in [4.69, 9.17) is 4.74 Å². The quantitative estimate of drug-likeness (QED) is 0.769. The van der Waals surface area contributed by atoms with E-state index in [1.807, 2.05) is 0 Å². The van der Waals surface area contributed by atoms with Crippen LogP contribution in [0.25, 0.3) is 0 Å². The minimum Gasteiger partial charge on any atom is -0.378 e. The highest BCUT2D eigenvalue weighted by Crippen LogP contribution is 2.24. The average molecular weight is 239 g/mol. The van der Waals surface area contributed by atoms with Crippen LogP contribution in [-0.2, 0) is 4.74 Å². The topological polar surface area (TPSA) is 21.3 Å². The highest BCUT2D eigenvalue weighted by Gasteiger charge is 2.31. The van der Waals surface area contributed by atoms with Gasteiger partial charge in [0, 0.05) is 12.6 Å². The summed E-state index contributed by atoms with van der Waals surface area (Å²) < 4.78 is 41.9. The summed E-state index contributed by atoms with van der Waals surface area (Å²) in [5, 5.41) is 2.72. The first kappa shape index (κ1) is 13.8. The lowest BCUT2D eigenvalue weighted by molar-refractivity contribution is -0.140. The van der Waals surface area contributed by atoms with Crippen molar-refractivity contribution in [1.29, 1.82) is 0 Å². The van der Waals surface area contributed by atoms with Gasteiger partial charge < -0.3 is 10.1 Å². The Morgan fingerprint density at radius 1 is 1.44 bits per heavy atom. The number of rotatable bonds is 6. The summed E-state index contributed by atoms with van der Waals surface area (Å²) in [6, 6.07) is -0.457. The van der Waals surface area contributed by atoms with Crippen molar-refractivity contribution < 1.29 is 17.9 Å². The van der Waals surface area contributed by atoms with Crippen molar-refractivity contribution >= 4 is 0 Å². The molecule has 1 aliphatic rings. The van der Waals surface area contributed by atoms with E-state index in [1.165, 1.54) is 0 Å². The lowest BCUT2D eigenvalue weighted by Crippen LogP contribution is -2.31. The summed E-state index contributed by atoms with van der Waals surface area (Å²) in [6.45, 7) is 0.808. The van der Waals surface area contributed by atoms with Gasteiger partial charge in [0.2, 0.25) is 0 Å². The summed E-state index contributed by atoms with van der Waals surface area (Å²) in [6.07, 6.45) is -0.139. The zero-order valence-corrected chi connectivity index (χ0v) is 9.65. The normalized spacial score (nSPS) is 23.6. The molecule has 16 heavy (non-hydrogen) atoms. The molecule has 1 fully saturated rings. The Morgan fingerprint density at radius 3 is 2.69 bits per heavy atom. The fraction of sp³-hybridized carbons (Fsp3) is 1.00. The van der Waals surface area contributed by atoms with Crippen LogP contribution in [0.5, 0.6) is 0 Å². The maximum Gasteiger partial charge on any atom is 0.390 e. The number of alkyl halides is 3. The number of hydrogen-bond acceptors (Lipinski definition) is 2. The second kappa shape index (κ2) is 6.45. The first-order valence-corrected chi connectivity index (χ1v) is 5.87. The summed E-state index contributed by atoms with van der Waals surface area (Å²) in [5.41, 5.74) is 0. The summed E-state index contributed by atoms with van der Waals surface area (Å²) in [4.78, 5) is 0. The highest BCUT2D eigenvalue weighted by atomic mass is 19.4. The van der Waals surface area contributed by atoms with E-state index < -0.39 is 18.6 Å². The van der Waals surface area contributed by atoms with Crippen LogP contribution >= 0.6 is 0 Å². The molecule has 2 nitrogen and oxygen atoms in total. The van der Waals surface area contributed by atoms with E-state index in [1.54, 1.807) is 7.05 Å². The Hall–Kier alpha value is -0.290. The second-order valence-electron chi connectivity index (χ2n) is 4.37. The Balaban J connectivity index is 2.13. The van der Waals surface area contributed by atoms with Crippen LogP contribution in [0.2, 0.25) is 0 Å². The third-order valence-corrected chi connectivity index (χ3v) is 2.99. The van der Waals surface area contributed by atoms with E-state index in [-0.39, 0.29) is 6.10 Å². The summed E-state index contributed by atoms with van der Waals surface area (Å²) >= 11 is 0. The molecule has 1 N–H and O–H groups in total. The number of halogens is 3. The van der Waals surface area contributed by atoms with Crippen molar-refractivity contribution in [3.63, 3.8) is 0 Å². The van der Waals surface area contributed by atoms with Crippen molar-refractivity contribution in [2.75, 3.05) is 13.7 Å². The first-order valence-electron chi connectivity index (χ1n) is 5.87. The smallest absolute Gasteiger partial charge is 0.378 e. The van der Waals surface area contributed by atoms with Gasteiger partial charge in [0.25, 0.3) is 0 Å². The van der Waals surface area contributed by atoms with Crippen LogP contribution in [0.3, 0.4) is 0 Å². The Morgan fingerprint density at radius 2 is 2.19 bits per heavy atom. The average Bonchev–Trinajstić information content (AvgIpc) is 2.67. The standard InChI is InChI=1S/C11H20F3NO/c1-15-9(8-11(12,13)14)4-2-5-10-6-3-7-16-10/h9-10,15H,2-8H2,1H3. The van der Waals surface area contributed by atoms with Gasteiger partial charge in [-0.1, -0.05) is 0 Å². The molecule has 1 aliphatic heterocycles. The van der Waals surface area contributed by atoms with Crippen LogP contribution < -0.4 is 5.32 Å². The first-order chi connectivity index (χ1) is 7.51. The van der Waals surface area contributed by atoms with Crippen LogP contribution in [-0.4, -0.2) is 32.0 Å². The van der Waals surface area contributed by atoms with Gasteiger partial charge in [0.1, 0.15) is 0 Å². The number of nitrogens with one attached hydrogen (secondary N) is 1. The molecule has 0 aromatic heterocycles. The van der Waals surface area contributed by atoms with Crippen molar-refractivity contribution in [3.8, 4) is 0 Å². The number of ether oxygens (including phenoxy) is 1. The van der Waals surface area contributed by atoms with Gasteiger partial charge in [-0.25, -0.2) is 0 Å². The van der Waals surface area contributed by atoms with Crippen LogP contribution in [0.4, 0.5) is 13.2 Å². The minimum absolute atomic E-state index is 0.281. The molecule has 1 rings (SSSR count). The van der Waals surface area contributed by atoms with Gasteiger partial charge in [-0.2, -0.15) is 13.2 Å². The Kier molecular flexibility index (Phi) is 5.55. The lowest BCUT2D eigenvalue weighted by atomic mass is 10.0. The van der Waals surface area contributed by atoms with E-state index in [0.29, 0.717) is 6.42 Å². The molecule has 0 aliphatic carbocycles. The van der Waals surface area contributed by atoms with E-state index in [2.05, 4.69) is 5.32 Å². The molecule has 1 saturated heterocycles. The van der Waals surface area contributed by atoms with E-state index in [0.717, 1.165) is 32.3 Å². The second-order valence-corrected chi connectivity index (χ2v) is 4.37. The molecule has 0 bridgehead atoms. The SMILES string of the molecule is CNC(CCCC1CCCO1)CC(F)(F)F. The van der Waals surface area contributed by atoms with Crippen molar-refractivity contribution in [2.24, 2.45) is 0 Å². The summed E-state index contributed by atoms with van der Waals surface area (Å²) in [5.74, 6) is 0. The monoisotopic (exact) mass is 239 g/mol. The molecule has 2 atom stereocenters. The molecule has 2 unspecified atom stereocenters. The molecule has 0 saturated carbocycles. The van der Waals surface area contributed by atoms with E-state index in [9.17, 15) is 13.2 Å². The maximum atomic E-state index is 12.2. The van der Waals surface area contributed by atoms with Crippen molar-refractivity contribution in [1.82, 2.24) is 5.32 Å². The van der Waals surface area contributed by atoms with Crippen molar-refractivity contribution in [3.05, 3.63) is 0 Å². The predicted octanol–water partition coefficient (Wildman–Crippen LogP) is 2.88.